The van der Waals surface area contributed by atoms with Gasteiger partial charge in [-0.1, -0.05) is 259 Å². The normalized spacial score (nSPS) is 18.1. The second kappa shape index (κ2) is 91.4. The molecule has 0 aromatic rings. The summed E-state index contributed by atoms with van der Waals surface area (Å²) in [4.78, 5) is 93.9. The first-order valence-corrected chi connectivity index (χ1v) is 49.1. The van der Waals surface area contributed by atoms with Gasteiger partial charge in [-0.25, -0.2) is 0 Å². The van der Waals surface area contributed by atoms with Crippen molar-refractivity contribution in [3.63, 3.8) is 0 Å². The van der Waals surface area contributed by atoms with Crippen LogP contribution in [0.15, 0.2) is 0 Å². The highest BCUT2D eigenvalue weighted by atomic mass is 16.7. The van der Waals surface area contributed by atoms with Crippen molar-refractivity contribution in [2.24, 2.45) is 90.7 Å². The van der Waals surface area contributed by atoms with Gasteiger partial charge in [-0.3, -0.25) is 38.4 Å². The summed E-state index contributed by atoms with van der Waals surface area (Å²) >= 11 is 0. The predicted molar refractivity (Wildman–Crippen MR) is 604 cm³/mol. The minimum Gasteiger partial charge on any atom is -0.438 e. The Hall–Kier alpha value is -4.56. The average molecular weight is 2060 g/mol. The predicted octanol–water partition coefficient (Wildman–Crippen LogP) is 34.7. The summed E-state index contributed by atoms with van der Waals surface area (Å²) in [5.41, 5.74) is -3.23. The summed E-state index contributed by atoms with van der Waals surface area (Å²) in [6.45, 7) is 55.8. The number of hydrogen-bond acceptors (Lipinski definition) is 24. The van der Waals surface area contributed by atoms with Crippen LogP contribution >= 0.6 is 0 Å². The Bertz CT molecular complexity index is 2880. The molecule has 0 N–H and O–H groups in total. The van der Waals surface area contributed by atoms with Crippen molar-refractivity contribution < 1.29 is 114 Å². The summed E-state index contributed by atoms with van der Waals surface area (Å²) in [5, 5.41) is 0. The van der Waals surface area contributed by atoms with Crippen molar-refractivity contribution in [2.75, 3.05) is 68.8 Å². The van der Waals surface area contributed by atoms with Gasteiger partial charge in [-0.2, -0.15) is 0 Å². The molecule has 8 rings (SSSR count). The zero-order valence-electron chi connectivity index (χ0n) is 86.2. The molecule has 0 saturated heterocycles. The molecule has 8 fully saturated rings. The lowest BCUT2D eigenvalue weighted by Gasteiger charge is -2.53. The number of methoxy groups -OCH3 is 4. The second-order valence-electron chi connectivity index (χ2n) is 41.0. The van der Waals surface area contributed by atoms with Crippen LogP contribution in [0.1, 0.15) is 531 Å². The van der Waals surface area contributed by atoms with Crippen molar-refractivity contribution >= 4 is 47.8 Å². The first-order valence-electron chi connectivity index (χ1n) is 49.1. The van der Waals surface area contributed by atoms with Gasteiger partial charge in [-0.05, 0) is 296 Å². The van der Waals surface area contributed by atoms with Gasteiger partial charge in [0.15, 0.2) is 27.2 Å². The average Bonchev–Trinajstić information content (AvgIpc) is 0.848. The molecular weight excluding hydrogens is 1800 g/mol. The van der Waals surface area contributed by atoms with Gasteiger partial charge in [0, 0.05) is 65.3 Å². The third kappa shape index (κ3) is 66.1. The van der Waals surface area contributed by atoms with Crippen LogP contribution in [0.4, 0.5) is 0 Å². The summed E-state index contributed by atoms with van der Waals surface area (Å²) in [7, 11) is 6.34. The van der Waals surface area contributed by atoms with E-state index in [1.807, 2.05) is 180 Å². The lowest BCUT2D eigenvalue weighted by molar-refractivity contribution is -0.202. The topological polar surface area (TPSA) is 284 Å². The smallest absolute Gasteiger partial charge is 0.313 e. The Balaban J connectivity index is -0.0000000830. The summed E-state index contributed by atoms with van der Waals surface area (Å²) in [6.07, 6.45) is 36.8. The van der Waals surface area contributed by atoms with Crippen molar-refractivity contribution in [1.29, 1.82) is 0 Å². The number of ether oxygens (including phenoxy) is 16. The molecule has 0 amide bonds. The minimum atomic E-state index is -0.428. The minimum absolute atomic E-state index is 0. The molecule has 0 aliphatic heterocycles. The molecule has 142 heavy (non-hydrogen) atoms. The molecule has 0 radical (unpaired) electrons. The molecule has 4 bridgehead atoms. The first kappa shape index (κ1) is 176. The Labute approximate surface area is 885 Å². The number of carbonyl (C=O) groups is 8. The van der Waals surface area contributed by atoms with Crippen LogP contribution in [-0.2, 0) is 114 Å². The van der Waals surface area contributed by atoms with Crippen LogP contribution in [0.5, 0.6) is 0 Å². The molecular formula is C118H254O24. The van der Waals surface area contributed by atoms with Gasteiger partial charge >= 0.3 is 47.8 Å². The number of esters is 8. The fraction of sp³-hybridized carbons (Fsp3) is 0.932. The van der Waals surface area contributed by atoms with E-state index in [0.717, 1.165) is 139 Å². The highest BCUT2D eigenvalue weighted by molar-refractivity contribution is 5.79. The zero-order valence-corrected chi connectivity index (χ0v) is 86.2. The highest BCUT2D eigenvalue weighted by Crippen LogP contribution is 2.55. The molecule has 8 saturated carbocycles. The lowest BCUT2D eigenvalue weighted by Crippen LogP contribution is -2.49. The fourth-order valence-electron chi connectivity index (χ4n) is 15.2. The highest BCUT2D eigenvalue weighted by Gasteiger charge is 2.49. The molecule has 870 valence electrons. The summed E-state index contributed by atoms with van der Waals surface area (Å²) in [6, 6.07) is 0. The van der Waals surface area contributed by atoms with Gasteiger partial charge in [0.1, 0.15) is 0 Å². The van der Waals surface area contributed by atoms with Crippen molar-refractivity contribution in [3.8, 4) is 0 Å². The van der Waals surface area contributed by atoms with E-state index >= 15 is 0 Å². The molecule has 4 unspecified atom stereocenters. The SMILES string of the molecule is C.C.C.C.C.C.C.C.C.C.C.C.C.C.C.C.CCC(C)(C)C(=O)OC(OC)C1CCCC1.CCC(C)(C)C(=O)OC(OC)C1CCCCC1.CCC(C)(C)C(=O)OCOC.CCC(C)(C)C(=O)OCOC1C2CC3CC(C2)CC1C3.CCC(C)(C)C(=O)OCOC1CCCCC1.CCC(CC)C(OC)OC(=O)C(C)(C)CC.CCOC(OC(=O)C(C)(C)CC)C1CCCCC1.CCOCOC(=O)C(C)(C)CC. The number of rotatable bonds is 42. The number of carbonyl (C=O) groups excluding carboxylic acids is 8. The first-order chi connectivity index (χ1) is 59.1. The quantitative estimate of drug-likeness (QED) is 0.0237. The summed E-state index contributed by atoms with van der Waals surface area (Å²) < 4.78 is 84.8. The Kier molecular flexibility index (Phi) is 114. The van der Waals surface area contributed by atoms with E-state index < -0.39 is 49.6 Å². The van der Waals surface area contributed by atoms with E-state index in [1.54, 1.807) is 21.3 Å². The second-order valence-corrected chi connectivity index (χ2v) is 41.0. The van der Waals surface area contributed by atoms with Crippen LogP contribution in [0, 0.1) is 90.7 Å². The number of hydrogen-bond donors (Lipinski definition) is 0. The van der Waals surface area contributed by atoms with Crippen molar-refractivity contribution in [1.82, 2.24) is 0 Å². The van der Waals surface area contributed by atoms with Gasteiger partial charge in [0.2, 0.25) is 25.2 Å². The van der Waals surface area contributed by atoms with Gasteiger partial charge in [0.25, 0.3) is 0 Å². The molecule has 0 spiro atoms. The molecule has 4 atom stereocenters. The Morgan fingerprint density at radius 2 is 0.514 bits per heavy atom. The van der Waals surface area contributed by atoms with E-state index in [2.05, 4.69) is 18.6 Å². The van der Waals surface area contributed by atoms with Crippen LogP contribution in [-0.4, -0.2) is 154 Å². The van der Waals surface area contributed by atoms with Crippen LogP contribution in [0.3, 0.4) is 0 Å². The largest absolute Gasteiger partial charge is 0.438 e. The van der Waals surface area contributed by atoms with Gasteiger partial charge in [0.05, 0.1) is 55.5 Å². The molecule has 0 aromatic heterocycles. The standard InChI is InChI=1S/C17H28O3.C15H28O3.C14H26O3.2C13H24O3.C13H26O3.C9H18O3.C8H16O3.16CH4/c1-4-17(2,3)16(18)20-10-19-15-13-6-11-5-12(8-13)9-14(15)7-11;1-5-15(3,4)14(16)18-13(17-6-2)12-10-8-7-9-11-12;1-5-14(2,3)13(15)17-12(16-4)11-9-7-6-8-10-11;1-5-13(2,3)12(14)16-11(15-4)10-8-6-7-9-10;1-4-13(2,3)12(14)16-10-15-11-8-6-5-7-9-11;1-7-10(8-2)11(15-6)16-12(14)13(4,5)9-3;1-5-9(3,4)8(10)12-7-11-6-2;1-5-8(2,3)7(9)11-6-10-4;;;;;;;;;;;;;;;;/h11-15H,4-10H2,1-3H3;12-13H,5-11H2,1-4H3;11-12H,5-10H2,1-4H3;10-11H,5-9H2,1-4H3;11H,4-10H2,1-3H3;10-11H,7-9H2,1-6H3;5-7H2,1-4H3;5-6H2,1-4H3;16*1H4. The molecule has 24 nitrogen and oxygen atoms in total. The van der Waals surface area contributed by atoms with E-state index in [1.165, 1.54) is 110 Å². The van der Waals surface area contributed by atoms with E-state index in [0.29, 0.717) is 43.2 Å². The Morgan fingerprint density at radius 3 is 0.775 bits per heavy atom. The molecule has 0 heterocycles. The van der Waals surface area contributed by atoms with E-state index in [9.17, 15) is 38.4 Å². The maximum atomic E-state index is 12.1. The van der Waals surface area contributed by atoms with Gasteiger partial charge < -0.3 is 75.8 Å². The van der Waals surface area contributed by atoms with Crippen LogP contribution in [0.25, 0.3) is 0 Å². The maximum Gasteiger partial charge on any atom is 0.313 e. The third-order valence-electron chi connectivity index (χ3n) is 28.1. The van der Waals surface area contributed by atoms with Crippen LogP contribution in [0.2, 0.25) is 0 Å². The lowest BCUT2D eigenvalue weighted by atomic mass is 9.55. The molecule has 24 heteroatoms. The van der Waals surface area contributed by atoms with E-state index in [4.69, 9.17) is 71.1 Å². The monoisotopic (exact) mass is 2060 g/mol. The molecule has 8 aliphatic carbocycles. The van der Waals surface area contributed by atoms with Crippen molar-refractivity contribution in [2.45, 2.75) is 568 Å². The van der Waals surface area contributed by atoms with Gasteiger partial charge in [-0.15, -0.1) is 0 Å². The third-order valence-corrected chi connectivity index (χ3v) is 28.1. The molecule has 0 aromatic carbocycles. The summed E-state index contributed by atoms with van der Waals surface area (Å²) in [5.74, 6) is 3.51. The fourth-order valence-corrected chi connectivity index (χ4v) is 15.2. The van der Waals surface area contributed by atoms with Crippen LogP contribution < -0.4 is 0 Å². The molecule has 8 aliphatic rings. The Morgan fingerprint density at radius 1 is 0.268 bits per heavy atom. The van der Waals surface area contributed by atoms with Crippen molar-refractivity contribution in [3.05, 3.63) is 0 Å². The van der Waals surface area contributed by atoms with E-state index in [-0.39, 0.29) is 219 Å². The maximum absolute atomic E-state index is 12.1. The zero-order chi connectivity index (χ0) is 96.3.